The molecular weight excluding hydrogens is 399 g/mol. The second-order valence-corrected chi connectivity index (χ2v) is 7.77. The Morgan fingerprint density at radius 1 is 1.25 bits per heavy atom. The average molecular weight is 410 g/mol. The smallest absolute Gasteiger partial charge is 0.268 e. The summed E-state index contributed by atoms with van der Waals surface area (Å²) in [4.78, 5) is 19.1. The highest BCUT2D eigenvalue weighted by Crippen LogP contribution is 2.29. The van der Waals surface area contributed by atoms with Gasteiger partial charge in [-0.25, -0.2) is 4.39 Å². The van der Waals surface area contributed by atoms with Crippen LogP contribution in [-0.2, 0) is 6.54 Å². The lowest BCUT2D eigenvalue weighted by molar-refractivity contribution is 0.0947. The second-order valence-electron chi connectivity index (χ2n) is 5.66. The van der Waals surface area contributed by atoms with Crippen molar-refractivity contribution in [3.8, 4) is 27.5 Å². The second kappa shape index (κ2) is 7.72. The molecule has 0 radical (unpaired) electrons. The highest BCUT2D eigenvalue weighted by atomic mass is 32.1. The third-order valence-electron chi connectivity index (χ3n) is 3.81. The Morgan fingerprint density at radius 2 is 2.14 bits per heavy atom. The summed E-state index contributed by atoms with van der Waals surface area (Å²) in [6, 6.07) is 13.1. The Kier molecular flexibility index (Phi) is 4.97. The maximum atomic E-state index is 13.9. The van der Waals surface area contributed by atoms with E-state index in [-0.39, 0.29) is 17.7 Å². The lowest BCUT2D eigenvalue weighted by Crippen LogP contribution is -2.23. The van der Waals surface area contributed by atoms with E-state index in [1.807, 2.05) is 35.7 Å². The highest BCUT2D eigenvalue weighted by Gasteiger charge is 2.15. The molecule has 3 heterocycles. The predicted molar refractivity (Wildman–Crippen MR) is 103 cm³/mol. The molecule has 0 saturated heterocycles. The van der Waals surface area contributed by atoms with E-state index in [1.54, 1.807) is 0 Å². The molecule has 0 unspecified atom stereocenters. The molecule has 3 aromatic heterocycles. The van der Waals surface area contributed by atoms with Crippen molar-refractivity contribution >= 4 is 28.6 Å². The largest absolute Gasteiger partial charge is 0.347 e. The number of thiophene rings is 2. The Morgan fingerprint density at radius 3 is 2.89 bits per heavy atom. The van der Waals surface area contributed by atoms with Crippen LogP contribution in [0.5, 0.6) is 0 Å². The molecule has 4 rings (SSSR count). The zero-order valence-corrected chi connectivity index (χ0v) is 15.8. The van der Waals surface area contributed by atoms with Gasteiger partial charge in [-0.3, -0.25) is 4.79 Å². The number of benzene rings is 1. The normalized spacial score (nSPS) is 10.6. The van der Waals surface area contributed by atoms with Gasteiger partial charge in [0.05, 0.1) is 33.5 Å². The van der Waals surface area contributed by atoms with Crippen LogP contribution in [0, 0.1) is 17.1 Å². The molecule has 0 atom stereocenters. The lowest BCUT2D eigenvalue weighted by Gasteiger charge is -2.05. The van der Waals surface area contributed by atoms with E-state index in [4.69, 9.17) is 9.78 Å². The number of nitrogens with zero attached hydrogens (tertiary/aromatic N) is 3. The van der Waals surface area contributed by atoms with Gasteiger partial charge in [0, 0.05) is 4.88 Å². The van der Waals surface area contributed by atoms with Gasteiger partial charge in [-0.15, -0.1) is 22.7 Å². The quantitative estimate of drug-likeness (QED) is 0.524. The summed E-state index contributed by atoms with van der Waals surface area (Å²) in [5.74, 6) is -0.334. The van der Waals surface area contributed by atoms with E-state index >= 15 is 0 Å². The first-order valence-corrected chi connectivity index (χ1v) is 9.78. The summed E-state index contributed by atoms with van der Waals surface area (Å²) in [5, 5.41) is 17.3. The minimum atomic E-state index is -0.726. The van der Waals surface area contributed by atoms with Gasteiger partial charge in [-0.05, 0) is 41.8 Å². The van der Waals surface area contributed by atoms with E-state index in [9.17, 15) is 9.18 Å². The summed E-state index contributed by atoms with van der Waals surface area (Å²) >= 11 is 2.92. The van der Waals surface area contributed by atoms with Crippen molar-refractivity contribution in [3.63, 3.8) is 0 Å². The van der Waals surface area contributed by atoms with Gasteiger partial charge in [-0.1, -0.05) is 11.2 Å². The third kappa shape index (κ3) is 3.69. The highest BCUT2D eigenvalue weighted by molar-refractivity contribution is 7.15. The molecule has 1 aromatic carbocycles. The molecule has 0 spiro atoms. The number of carbonyl (C=O) groups is 1. The molecule has 0 aliphatic carbocycles. The van der Waals surface area contributed by atoms with Crippen LogP contribution in [0.1, 0.15) is 20.8 Å². The molecule has 1 amide bonds. The maximum absolute atomic E-state index is 13.9. The zero-order chi connectivity index (χ0) is 19.5. The van der Waals surface area contributed by atoms with E-state index < -0.39 is 11.7 Å². The van der Waals surface area contributed by atoms with Crippen molar-refractivity contribution in [1.82, 2.24) is 15.5 Å². The predicted octanol–water partition coefficient (Wildman–Crippen LogP) is 4.47. The van der Waals surface area contributed by atoms with Crippen molar-refractivity contribution < 1.29 is 13.7 Å². The van der Waals surface area contributed by atoms with E-state index in [1.165, 1.54) is 34.8 Å². The fourth-order valence-corrected chi connectivity index (χ4v) is 3.97. The number of amides is 1. The lowest BCUT2D eigenvalue weighted by atomic mass is 10.1. The monoisotopic (exact) mass is 410 g/mol. The number of carbonyl (C=O) groups excluding carboxylic acids is 1. The minimum absolute atomic E-state index is 0.103. The summed E-state index contributed by atoms with van der Waals surface area (Å²) in [5.41, 5.74) is 0.0618. The van der Waals surface area contributed by atoms with Crippen LogP contribution >= 0.6 is 22.7 Å². The number of aromatic nitrogens is 2. The Hall–Kier alpha value is -3.35. The molecule has 9 heteroatoms. The number of nitrogens with one attached hydrogen (secondary N) is 1. The van der Waals surface area contributed by atoms with Crippen molar-refractivity contribution in [2.75, 3.05) is 0 Å². The topological polar surface area (TPSA) is 91.8 Å². The first-order valence-electron chi connectivity index (χ1n) is 8.08. The van der Waals surface area contributed by atoms with Crippen molar-refractivity contribution in [1.29, 1.82) is 5.26 Å². The van der Waals surface area contributed by atoms with Gasteiger partial charge < -0.3 is 9.84 Å². The molecule has 0 saturated carbocycles. The van der Waals surface area contributed by atoms with Crippen LogP contribution < -0.4 is 5.32 Å². The van der Waals surface area contributed by atoms with Gasteiger partial charge in [0.15, 0.2) is 0 Å². The molecular formula is C19H11FN4O2S2. The van der Waals surface area contributed by atoms with Crippen LogP contribution in [0.4, 0.5) is 4.39 Å². The van der Waals surface area contributed by atoms with Crippen LogP contribution in [0.3, 0.4) is 0 Å². The summed E-state index contributed by atoms with van der Waals surface area (Å²) in [6.07, 6.45) is 0. The third-order valence-corrected chi connectivity index (χ3v) is 5.75. The van der Waals surface area contributed by atoms with Crippen molar-refractivity contribution in [2.45, 2.75) is 6.54 Å². The number of rotatable bonds is 5. The van der Waals surface area contributed by atoms with Crippen LogP contribution in [0.25, 0.3) is 21.5 Å². The molecule has 138 valence electrons. The summed E-state index contributed by atoms with van der Waals surface area (Å²) in [6.45, 7) is 0.231. The minimum Gasteiger partial charge on any atom is -0.347 e. The van der Waals surface area contributed by atoms with Crippen LogP contribution in [0.15, 0.2) is 52.4 Å². The molecule has 6 nitrogen and oxygen atoms in total. The zero-order valence-electron chi connectivity index (χ0n) is 14.2. The molecule has 4 aromatic rings. The molecule has 28 heavy (non-hydrogen) atoms. The Labute approximate surface area is 166 Å². The molecule has 0 bridgehead atoms. The van der Waals surface area contributed by atoms with Gasteiger partial charge in [0.2, 0.25) is 5.82 Å². The standard InChI is InChI=1S/C19H11FN4O2S2/c20-14-8-11(9-21)3-5-13(14)18(25)22-10-12-4-6-16(28-12)19-23-17(24-26-19)15-2-1-7-27-15/h1-8H,10H2,(H,22,25). The van der Waals surface area contributed by atoms with Gasteiger partial charge in [0.1, 0.15) is 5.82 Å². The SMILES string of the molecule is N#Cc1ccc(C(=O)NCc2ccc(-c3nc(-c4cccs4)no3)s2)c(F)c1. The number of hydrogen-bond donors (Lipinski definition) is 1. The van der Waals surface area contributed by atoms with Crippen LogP contribution in [-0.4, -0.2) is 16.0 Å². The summed E-state index contributed by atoms with van der Waals surface area (Å²) < 4.78 is 19.2. The van der Waals surface area contributed by atoms with Crippen LogP contribution in [0.2, 0.25) is 0 Å². The fourth-order valence-electron chi connectivity index (χ4n) is 2.45. The number of hydrogen-bond acceptors (Lipinski definition) is 7. The fraction of sp³-hybridized carbons (Fsp3) is 0.0526. The van der Waals surface area contributed by atoms with E-state index in [2.05, 4.69) is 15.5 Å². The summed E-state index contributed by atoms with van der Waals surface area (Å²) in [7, 11) is 0. The molecule has 1 N–H and O–H groups in total. The molecule has 0 aliphatic heterocycles. The van der Waals surface area contributed by atoms with Gasteiger partial charge in [-0.2, -0.15) is 10.2 Å². The Bertz CT molecular complexity index is 1170. The van der Waals surface area contributed by atoms with Gasteiger partial charge >= 0.3 is 0 Å². The maximum Gasteiger partial charge on any atom is 0.268 e. The first-order chi connectivity index (χ1) is 13.6. The average Bonchev–Trinajstić information content (AvgIpc) is 3.46. The van der Waals surface area contributed by atoms with Gasteiger partial charge in [0.25, 0.3) is 11.8 Å². The molecule has 0 fully saturated rings. The number of nitriles is 1. The van der Waals surface area contributed by atoms with E-state index in [0.29, 0.717) is 11.7 Å². The van der Waals surface area contributed by atoms with E-state index in [0.717, 1.165) is 20.7 Å². The number of halogens is 1. The van der Waals surface area contributed by atoms with Crippen molar-refractivity contribution in [2.24, 2.45) is 0 Å². The molecule has 0 aliphatic rings. The Balaban J connectivity index is 1.43. The van der Waals surface area contributed by atoms with Crippen molar-refractivity contribution in [3.05, 3.63) is 69.7 Å². The first kappa shape index (κ1) is 18.0.